The zero-order chi connectivity index (χ0) is 20.1. The Morgan fingerprint density at radius 1 is 0.964 bits per heavy atom. The lowest BCUT2D eigenvalue weighted by atomic mass is 10.1. The van der Waals surface area contributed by atoms with Gasteiger partial charge in [0.15, 0.2) is 5.69 Å². The van der Waals surface area contributed by atoms with Crippen molar-refractivity contribution in [2.24, 2.45) is 0 Å². The van der Waals surface area contributed by atoms with Crippen LogP contribution in [0.15, 0.2) is 53.3 Å². The second-order valence-electron chi connectivity index (χ2n) is 6.03. The van der Waals surface area contributed by atoms with Gasteiger partial charge in [0.05, 0.1) is 5.39 Å². The summed E-state index contributed by atoms with van der Waals surface area (Å²) in [6.45, 7) is 4.48. The van der Waals surface area contributed by atoms with Gasteiger partial charge in [-0.25, -0.2) is 9.48 Å². The molecule has 3 N–H and O–H groups in total. The fourth-order valence-electron chi connectivity index (χ4n) is 2.82. The highest BCUT2D eigenvalue weighted by molar-refractivity contribution is 6.11. The molecule has 0 aliphatic rings. The van der Waals surface area contributed by atoms with Gasteiger partial charge in [-0.3, -0.25) is 9.59 Å². The molecular weight excluding hydrogens is 358 g/mol. The molecule has 0 radical (unpaired) electrons. The van der Waals surface area contributed by atoms with Gasteiger partial charge in [0.25, 0.3) is 11.5 Å². The maximum absolute atomic E-state index is 12.9. The standard InChI is InChI=1S/C20H21N5O3/c1-3-21-20(28)23-14-9-7-8-13(12-14)22-18(26)17-15-10-5-6-11-16(15)19(27)25(4-2)24-17/h5-12H,3-4H2,1-2H3,(H,22,26)(H2,21,23,28). The zero-order valence-electron chi connectivity index (χ0n) is 15.7. The Morgan fingerprint density at radius 3 is 2.32 bits per heavy atom. The third-order valence-electron chi connectivity index (χ3n) is 4.10. The largest absolute Gasteiger partial charge is 0.338 e. The van der Waals surface area contributed by atoms with Crippen molar-refractivity contribution in [2.75, 3.05) is 17.2 Å². The molecule has 8 heteroatoms. The molecule has 0 bridgehead atoms. The van der Waals surface area contributed by atoms with Crippen LogP contribution in [0.1, 0.15) is 24.3 Å². The number of nitrogens with one attached hydrogen (secondary N) is 3. The number of carbonyl (C=O) groups is 2. The van der Waals surface area contributed by atoms with Crippen LogP contribution < -0.4 is 21.5 Å². The van der Waals surface area contributed by atoms with E-state index in [0.29, 0.717) is 35.2 Å². The normalized spacial score (nSPS) is 10.5. The Balaban J connectivity index is 1.91. The van der Waals surface area contributed by atoms with Crippen molar-refractivity contribution in [3.05, 3.63) is 64.6 Å². The number of nitrogens with zero attached hydrogens (tertiary/aromatic N) is 2. The lowest BCUT2D eigenvalue weighted by Gasteiger charge is -2.11. The average Bonchev–Trinajstić information content (AvgIpc) is 2.69. The average molecular weight is 379 g/mol. The summed E-state index contributed by atoms with van der Waals surface area (Å²) < 4.78 is 1.27. The van der Waals surface area contributed by atoms with Gasteiger partial charge in [0.1, 0.15) is 0 Å². The van der Waals surface area contributed by atoms with Crippen LogP contribution in [0.4, 0.5) is 16.2 Å². The predicted molar refractivity (Wildman–Crippen MR) is 109 cm³/mol. The van der Waals surface area contributed by atoms with Crippen LogP contribution in [0.5, 0.6) is 0 Å². The van der Waals surface area contributed by atoms with Gasteiger partial charge < -0.3 is 16.0 Å². The molecule has 0 spiro atoms. The van der Waals surface area contributed by atoms with E-state index in [9.17, 15) is 14.4 Å². The highest BCUT2D eigenvalue weighted by Crippen LogP contribution is 2.18. The van der Waals surface area contributed by atoms with Crippen molar-refractivity contribution in [1.82, 2.24) is 15.1 Å². The number of hydrogen-bond donors (Lipinski definition) is 3. The lowest BCUT2D eigenvalue weighted by molar-refractivity contribution is 0.102. The maximum atomic E-state index is 12.9. The first-order valence-corrected chi connectivity index (χ1v) is 8.99. The molecule has 3 aromatic rings. The summed E-state index contributed by atoms with van der Waals surface area (Å²) in [6, 6.07) is 13.4. The second-order valence-corrected chi connectivity index (χ2v) is 6.03. The minimum absolute atomic E-state index is 0.166. The fourth-order valence-corrected chi connectivity index (χ4v) is 2.82. The number of rotatable bonds is 5. The Hall–Kier alpha value is -3.68. The second kappa shape index (κ2) is 8.34. The number of hydrogen-bond acceptors (Lipinski definition) is 4. The van der Waals surface area contributed by atoms with E-state index in [1.54, 1.807) is 55.5 Å². The zero-order valence-corrected chi connectivity index (χ0v) is 15.7. The van der Waals surface area contributed by atoms with E-state index in [1.165, 1.54) is 4.68 Å². The molecule has 8 nitrogen and oxygen atoms in total. The molecule has 3 rings (SSSR count). The van der Waals surface area contributed by atoms with E-state index in [0.717, 1.165) is 0 Å². The number of anilines is 2. The van der Waals surface area contributed by atoms with E-state index in [4.69, 9.17) is 0 Å². The van der Waals surface area contributed by atoms with Crippen LogP contribution in [0, 0.1) is 0 Å². The van der Waals surface area contributed by atoms with Gasteiger partial charge in [-0.2, -0.15) is 5.10 Å². The molecule has 1 heterocycles. The Morgan fingerprint density at radius 2 is 1.64 bits per heavy atom. The molecular formula is C20H21N5O3. The molecule has 3 amide bonds. The predicted octanol–water partition coefficient (Wildman–Crippen LogP) is 2.81. The van der Waals surface area contributed by atoms with Crippen LogP contribution in [-0.2, 0) is 6.54 Å². The van der Waals surface area contributed by atoms with Gasteiger partial charge in [-0.15, -0.1) is 0 Å². The Bertz CT molecular complexity index is 1090. The van der Waals surface area contributed by atoms with Gasteiger partial charge in [-0.05, 0) is 38.1 Å². The third kappa shape index (κ3) is 4.01. The van der Waals surface area contributed by atoms with Crippen LogP contribution in [0.2, 0.25) is 0 Å². The molecule has 28 heavy (non-hydrogen) atoms. The van der Waals surface area contributed by atoms with Crippen LogP contribution >= 0.6 is 0 Å². The number of aryl methyl sites for hydroxylation is 1. The molecule has 0 atom stereocenters. The van der Waals surface area contributed by atoms with Crippen LogP contribution in [0.25, 0.3) is 10.8 Å². The maximum Gasteiger partial charge on any atom is 0.319 e. The van der Waals surface area contributed by atoms with Crippen molar-refractivity contribution in [3.63, 3.8) is 0 Å². The molecule has 0 aliphatic heterocycles. The van der Waals surface area contributed by atoms with Gasteiger partial charge in [0.2, 0.25) is 0 Å². The molecule has 144 valence electrons. The SMILES string of the molecule is CCNC(=O)Nc1cccc(NC(=O)c2nn(CC)c(=O)c3ccccc23)c1. The molecule has 0 saturated carbocycles. The van der Waals surface area contributed by atoms with Crippen LogP contribution in [0.3, 0.4) is 0 Å². The highest BCUT2D eigenvalue weighted by atomic mass is 16.2. The van der Waals surface area contributed by atoms with E-state index >= 15 is 0 Å². The molecule has 2 aromatic carbocycles. The minimum Gasteiger partial charge on any atom is -0.338 e. The van der Waals surface area contributed by atoms with E-state index < -0.39 is 5.91 Å². The fraction of sp³-hybridized carbons (Fsp3) is 0.200. The summed E-state index contributed by atoms with van der Waals surface area (Å²) in [7, 11) is 0. The summed E-state index contributed by atoms with van der Waals surface area (Å²) in [5.41, 5.74) is 0.974. The lowest BCUT2D eigenvalue weighted by Crippen LogP contribution is -2.28. The van der Waals surface area contributed by atoms with Gasteiger partial charge in [-0.1, -0.05) is 24.3 Å². The van der Waals surface area contributed by atoms with E-state index in [1.807, 2.05) is 6.92 Å². The first-order valence-electron chi connectivity index (χ1n) is 8.99. The van der Waals surface area contributed by atoms with Crippen molar-refractivity contribution in [2.45, 2.75) is 20.4 Å². The topological polar surface area (TPSA) is 105 Å². The molecule has 0 unspecified atom stereocenters. The van der Waals surface area contributed by atoms with E-state index in [2.05, 4.69) is 21.0 Å². The van der Waals surface area contributed by atoms with Crippen molar-refractivity contribution in [3.8, 4) is 0 Å². The number of amides is 3. The summed E-state index contributed by atoms with van der Waals surface area (Å²) in [4.78, 5) is 36.9. The number of fused-ring (bicyclic) bond motifs is 1. The van der Waals surface area contributed by atoms with Gasteiger partial charge >= 0.3 is 6.03 Å². The summed E-state index contributed by atoms with van der Waals surface area (Å²) in [5.74, 6) is -0.437. The number of benzene rings is 2. The minimum atomic E-state index is -0.437. The highest BCUT2D eigenvalue weighted by Gasteiger charge is 2.16. The van der Waals surface area contributed by atoms with E-state index in [-0.39, 0.29) is 17.3 Å². The van der Waals surface area contributed by atoms with Crippen LogP contribution in [-0.4, -0.2) is 28.3 Å². The number of aromatic nitrogens is 2. The molecule has 0 fully saturated rings. The number of urea groups is 1. The summed E-state index contributed by atoms with van der Waals surface area (Å²) >= 11 is 0. The smallest absolute Gasteiger partial charge is 0.319 e. The summed E-state index contributed by atoms with van der Waals surface area (Å²) in [6.07, 6.45) is 0. The van der Waals surface area contributed by atoms with Crippen molar-refractivity contribution in [1.29, 1.82) is 0 Å². The molecule has 0 aliphatic carbocycles. The quantitative estimate of drug-likeness (QED) is 0.634. The van der Waals surface area contributed by atoms with Crippen molar-refractivity contribution >= 4 is 34.1 Å². The first-order chi connectivity index (χ1) is 13.5. The molecule has 1 aromatic heterocycles. The monoisotopic (exact) mass is 379 g/mol. The Labute approximate surface area is 161 Å². The van der Waals surface area contributed by atoms with Gasteiger partial charge in [0, 0.05) is 29.9 Å². The Kier molecular flexibility index (Phi) is 5.69. The van der Waals surface area contributed by atoms with Crippen molar-refractivity contribution < 1.29 is 9.59 Å². The third-order valence-corrected chi connectivity index (χ3v) is 4.10. The number of carbonyl (C=O) groups excluding carboxylic acids is 2. The molecule has 0 saturated heterocycles. The summed E-state index contributed by atoms with van der Waals surface area (Å²) in [5, 5.41) is 13.3. The first kappa shape index (κ1) is 19.1.